The number of hydrogen-bond donors (Lipinski definition) is 0. The summed E-state index contributed by atoms with van der Waals surface area (Å²) >= 11 is 1.49. The fraction of sp³-hybridized carbons (Fsp3) is 0.286. The van der Waals surface area contributed by atoms with Crippen molar-refractivity contribution in [1.82, 2.24) is 4.98 Å². The summed E-state index contributed by atoms with van der Waals surface area (Å²) in [6.45, 7) is 5.75. The third-order valence-electron chi connectivity index (χ3n) is 5.43. The Kier molecular flexibility index (Phi) is 8.15. The van der Waals surface area contributed by atoms with Crippen molar-refractivity contribution in [3.63, 3.8) is 0 Å². The second-order valence-corrected chi connectivity index (χ2v) is 9.00. The molecule has 0 saturated carbocycles. The fourth-order valence-corrected chi connectivity index (χ4v) is 4.69. The SMILES string of the molecule is CCCCCOc1cccc(C(=O)N(Cc2ccccc2)c2nc3c(OCC)cccc3s2)c1. The number of amides is 1. The molecule has 5 nitrogen and oxygen atoms in total. The van der Waals surface area contributed by atoms with Crippen LogP contribution in [0.5, 0.6) is 11.5 Å². The lowest BCUT2D eigenvalue weighted by atomic mass is 10.1. The third kappa shape index (κ3) is 5.75. The number of unbranched alkanes of at least 4 members (excludes halogenated alkanes) is 2. The van der Waals surface area contributed by atoms with Crippen molar-refractivity contribution in [1.29, 1.82) is 0 Å². The molecule has 0 bridgehead atoms. The molecule has 0 saturated heterocycles. The highest BCUT2D eigenvalue weighted by molar-refractivity contribution is 7.22. The van der Waals surface area contributed by atoms with Crippen LogP contribution in [0.1, 0.15) is 49.0 Å². The summed E-state index contributed by atoms with van der Waals surface area (Å²) < 4.78 is 12.6. The highest BCUT2D eigenvalue weighted by Gasteiger charge is 2.23. The molecule has 1 amide bonds. The first-order chi connectivity index (χ1) is 16.7. The monoisotopic (exact) mass is 474 g/mol. The molecule has 3 aromatic carbocycles. The molecule has 0 radical (unpaired) electrons. The minimum Gasteiger partial charge on any atom is -0.494 e. The number of carbonyl (C=O) groups is 1. The lowest BCUT2D eigenvalue weighted by Gasteiger charge is -2.20. The first-order valence-corrected chi connectivity index (χ1v) is 12.6. The maximum absolute atomic E-state index is 13.8. The number of hydrogen-bond acceptors (Lipinski definition) is 5. The summed E-state index contributed by atoms with van der Waals surface area (Å²) in [5, 5.41) is 0.644. The molecule has 1 aromatic heterocycles. The average Bonchev–Trinajstić information content (AvgIpc) is 3.31. The first kappa shape index (κ1) is 23.8. The number of aromatic nitrogens is 1. The minimum atomic E-state index is -0.111. The molecule has 4 aromatic rings. The first-order valence-electron chi connectivity index (χ1n) is 11.8. The van der Waals surface area contributed by atoms with Crippen molar-refractivity contribution in [2.45, 2.75) is 39.7 Å². The zero-order valence-electron chi connectivity index (χ0n) is 19.7. The van der Waals surface area contributed by atoms with E-state index in [-0.39, 0.29) is 5.91 Å². The molecule has 0 atom stereocenters. The third-order valence-corrected chi connectivity index (χ3v) is 6.47. The van der Waals surface area contributed by atoms with Gasteiger partial charge in [0, 0.05) is 5.56 Å². The van der Waals surface area contributed by atoms with Crippen molar-refractivity contribution in [3.8, 4) is 11.5 Å². The summed E-state index contributed by atoms with van der Waals surface area (Å²) in [4.78, 5) is 20.3. The van der Waals surface area contributed by atoms with Gasteiger partial charge in [-0.25, -0.2) is 4.98 Å². The standard InChI is InChI=1S/C28H30N2O3S/c1-3-5-9-18-33-23-15-10-14-22(19-23)27(31)30(20-21-12-7-6-8-13-21)28-29-26-24(32-4-2)16-11-17-25(26)34-28/h6-8,10-17,19H,3-5,9,18,20H2,1-2H3. The molecule has 0 aliphatic carbocycles. The second-order valence-electron chi connectivity index (χ2n) is 7.99. The van der Waals surface area contributed by atoms with Crippen LogP contribution < -0.4 is 14.4 Å². The van der Waals surface area contributed by atoms with Crippen LogP contribution >= 0.6 is 11.3 Å². The largest absolute Gasteiger partial charge is 0.494 e. The van der Waals surface area contributed by atoms with Gasteiger partial charge in [0.1, 0.15) is 17.0 Å². The smallest absolute Gasteiger partial charge is 0.260 e. The van der Waals surface area contributed by atoms with Crippen molar-refractivity contribution < 1.29 is 14.3 Å². The van der Waals surface area contributed by atoms with Crippen LogP contribution in [0.25, 0.3) is 10.2 Å². The number of anilines is 1. The summed E-state index contributed by atoms with van der Waals surface area (Å²) in [7, 11) is 0. The normalized spacial score (nSPS) is 10.9. The number of nitrogens with zero attached hydrogens (tertiary/aromatic N) is 2. The number of carbonyl (C=O) groups excluding carboxylic acids is 1. The van der Waals surface area contributed by atoms with Crippen LogP contribution in [-0.4, -0.2) is 24.1 Å². The van der Waals surface area contributed by atoms with E-state index in [9.17, 15) is 4.79 Å². The Morgan fingerprint density at radius 2 is 1.76 bits per heavy atom. The molecule has 0 fully saturated rings. The Labute approximate surface area is 205 Å². The molecule has 4 rings (SSSR count). The van der Waals surface area contributed by atoms with E-state index in [1.165, 1.54) is 11.3 Å². The van der Waals surface area contributed by atoms with Gasteiger partial charge >= 0.3 is 0 Å². The van der Waals surface area contributed by atoms with Gasteiger partial charge in [-0.05, 0) is 49.2 Å². The van der Waals surface area contributed by atoms with Gasteiger partial charge in [0.2, 0.25) is 0 Å². The number of fused-ring (bicyclic) bond motifs is 1. The van der Waals surface area contributed by atoms with Crippen molar-refractivity contribution in [2.24, 2.45) is 0 Å². The quantitative estimate of drug-likeness (QED) is 0.217. The number of ether oxygens (including phenoxy) is 2. The van der Waals surface area contributed by atoms with Crippen LogP contribution in [0.4, 0.5) is 5.13 Å². The second kappa shape index (κ2) is 11.7. The van der Waals surface area contributed by atoms with Gasteiger partial charge in [0.15, 0.2) is 5.13 Å². The van der Waals surface area contributed by atoms with E-state index in [2.05, 4.69) is 6.92 Å². The van der Waals surface area contributed by atoms with Crippen LogP contribution in [-0.2, 0) is 6.54 Å². The Morgan fingerprint density at radius 1 is 0.941 bits per heavy atom. The lowest BCUT2D eigenvalue weighted by Crippen LogP contribution is -2.30. The maximum atomic E-state index is 13.8. The van der Waals surface area contributed by atoms with Crippen LogP contribution in [0, 0.1) is 0 Å². The molecule has 0 unspecified atom stereocenters. The van der Waals surface area contributed by atoms with Crippen molar-refractivity contribution in [3.05, 3.63) is 83.9 Å². The molecule has 1 heterocycles. The average molecular weight is 475 g/mol. The van der Waals surface area contributed by atoms with Crippen molar-refractivity contribution >= 4 is 32.6 Å². The number of benzene rings is 3. The predicted octanol–water partition coefficient (Wildman–Crippen LogP) is 7.11. The van der Waals surface area contributed by atoms with Gasteiger partial charge in [0.05, 0.1) is 24.5 Å². The lowest BCUT2D eigenvalue weighted by molar-refractivity contribution is 0.0984. The molecular formula is C28H30N2O3S. The molecule has 176 valence electrons. The Hall–Kier alpha value is -3.38. The van der Waals surface area contributed by atoms with Crippen molar-refractivity contribution in [2.75, 3.05) is 18.1 Å². The van der Waals surface area contributed by atoms with Crippen LogP contribution in [0.2, 0.25) is 0 Å². The predicted molar refractivity (Wildman–Crippen MR) is 139 cm³/mol. The maximum Gasteiger partial charge on any atom is 0.260 e. The molecular weight excluding hydrogens is 444 g/mol. The van der Waals surface area contributed by atoms with Crippen LogP contribution in [0.15, 0.2) is 72.8 Å². The molecule has 34 heavy (non-hydrogen) atoms. The number of thiazole rings is 1. The van der Waals surface area contributed by atoms with Crippen LogP contribution in [0.3, 0.4) is 0 Å². The Balaban J connectivity index is 1.66. The van der Waals surface area contributed by atoms with Gasteiger partial charge < -0.3 is 9.47 Å². The highest BCUT2D eigenvalue weighted by Crippen LogP contribution is 2.35. The zero-order valence-corrected chi connectivity index (χ0v) is 20.5. The molecule has 0 aliphatic rings. The molecule has 0 N–H and O–H groups in total. The van der Waals surface area contributed by atoms with E-state index >= 15 is 0 Å². The highest BCUT2D eigenvalue weighted by atomic mass is 32.1. The van der Waals surface area contributed by atoms with E-state index in [0.29, 0.717) is 36.2 Å². The van der Waals surface area contributed by atoms with E-state index in [0.717, 1.165) is 40.8 Å². The molecule has 6 heteroatoms. The van der Waals surface area contributed by atoms with Gasteiger partial charge in [-0.3, -0.25) is 9.69 Å². The van der Waals surface area contributed by atoms with E-state index in [1.807, 2.05) is 79.7 Å². The zero-order chi connectivity index (χ0) is 23.8. The summed E-state index contributed by atoms with van der Waals surface area (Å²) in [6.07, 6.45) is 3.27. The van der Waals surface area contributed by atoms with E-state index < -0.39 is 0 Å². The van der Waals surface area contributed by atoms with E-state index in [1.54, 1.807) is 4.90 Å². The van der Waals surface area contributed by atoms with E-state index in [4.69, 9.17) is 14.5 Å². The van der Waals surface area contributed by atoms with Gasteiger partial charge in [-0.2, -0.15) is 0 Å². The fourth-order valence-electron chi connectivity index (χ4n) is 3.71. The molecule has 0 spiro atoms. The van der Waals surface area contributed by atoms with Gasteiger partial charge in [-0.15, -0.1) is 0 Å². The topological polar surface area (TPSA) is 51.7 Å². The number of para-hydroxylation sites is 1. The van der Waals surface area contributed by atoms with Gasteiger partial charge in [0.25, 0.3) is 5.91 Å². The summed E-state index contributed by atoms with van der Waals surface area (Å²) in [5.41, 5.74) is 2.39. The summed E-state index contributed by atoms with van der Waals surface area (Å²) in [6, 6.07) is 23.3. The van der Waals surface area contributed by atoms with Gasteiger partial charge in [-0.1, -0.05) is 73.6 Å². The Morgan fingerprint density at radius 3 is 2.56 bits per heavy atom. The Bertz CT molecular complexity index is 1220. The molecule has 0 aliphatic heterocycles. The minimum absolute atomic E-state index is 0.111. The number of rotatable bonds is 11. The summed E-state index contributed by atoms with van der Waals surface area (Å²) in [5.74, 6) is 1.33.